The summed E-state index contributed by atoms with van der Waals surface area (Å²) in [6, 6.07) is 12.9. The molecule has 0 saturated heterocycles. The van der Waals surface area contributed by atoms with Gasteiger partial charge in [0.2, 0.25) is 0 Å². The van der Waals surface area contributed by atoms with Gasteiger partial charge >= 0.3 is 0 Å². The molecule has 0 aliphatic heterocycles. The summed E-state index contributed by atoms with van der Waals surface area (Å²) in [5.41, 5.74) is 6.09. The Morgan fingerprint density at radius 2 is 1.78 bits per heavy atom. The maximum atomic E-state index is 7.53. The molecule has 0 unspecified atom stereocenters. The minimum absolute atomic E-state index is 0.0208. The highest BCUT2D eigenvalue weighted by Gasteiger charge is 2.08. The van der Waals surface area contributed by atoms with Crippen LogP contribution in [0.5, 0.6) is 11.5 Å². The molecule has 0 aromatic heterocycles. The Balaban J connectivity index is 2.39. The molecule has 3 N–H and O–H groups in total. The van der Waals surface area contributed by atoms with E-state index in [4.69, 9.17) is 15.9 Å². The monoisotopic (exact) mass is 368 g/mol. The maximum absolute atomic E-state index is 7.53. The number of nitrogen functional groups attached to an aromatic ring is 1. The quantitative estimate of drug-likeness (QED) is 0.626. The van der Waals surface area contributed by atoms with Gasteiger partial charge in [-0.3, -0.25) is 5.41 Å². The Morgan fingerprint density at radius 1 is 1.06 bits per heavy atom. The van der Waals surface area contributed by atoms with Crippen molar-refractivity contribution in [1.29, 1.82) is 5.41 Å². The second kappa shape index (κ2) is 5.54. The van der Waals surface area contributed by atoms with Crippen molar-refractivity contribution in [2.75, 3.05) is 0 Å². The third-order valence-corrected chi connectivity index (χ3v) is 3.24. The number of nitrogens with two attached hydrogens (primary N) is 1. The van der Waals surface area contributed by atoms with E-state index < -0.39 is 0 Å². The highest BCUT2D eigenvalue weighted by molar-refractivity contribution is 9.10. The van der Waals surface area contributed by atoms with Crippen molar-refractivity contribution in [3.8, 4) is 11.5 Å². The van der Waals surface area contributed by atoms with Crippen molar-refractivity contribution in [1.82, 2.24) is 0 Å². The SMILES string of the molecule is N=C(N)c1ccc(Br)cc1Oc1cccc(Br)c1. The third kappa shape index (κ3) is 3.11. The highest BCUT2D eigenvalue weighted by atomic mass is 79.9. The Kier molecular flexibility index (Phi) is 4.04. The molecule has 5 heteroatoms. The van der Waals surface area contributed by atoms with Gasteiger partial charge < -0.3 is 10.5 Å². The number of amidine groups is 1. The molecular weight excluding hydrogens is 360 g/mol. The van der Waals surface area contributed by atoms with Crippen LogP contribution >= 0.6 is 31.9 Å². The molecule has 0 atom stereocenters. The van der Waals surface area contributed by atoms with Gasteiger partial charge in [-0.05, 0) is 36.4 Å². The van der Waals surface area contributed by atoms with Gasteiger partial charge in [-0.25, -0.2) is 0 Å². The van der Waals surface area contributed by atoms with Crippen LogP contribution in [0.1, 0.15) is 5.56 Å². The number of nitrogens with one attached hydrogen (secondary N) is 1. The van der Waals surface area contributed by atoms with E-state index >= 15 is 0 Å². The van der Waals surface area contributed by atoms with Gasteiger partial charge in [0.25, 0.3) is 0 Å². The molecule has 92 valence electrons. The Labute approximate surface area is 122 Å². The number of hydrogen-bond acceptors (Lipinski definition) is 2. The van der Waals surface area contributed by atoms with Crippen LogP contribution in [0.25, 0.3) is 0 Å². The van der Waals surface area contributed by atoms with Crippen molar-refractivity contribution in [2.24, 2.45) is 5.73 Å². The van der Waals surface area contributed by atoms with E-state index in [-0.39, 0.29) is 5.84 Å². The lowest BCUT2D eigenvalue weighted by Crippen LogP contribution is -2.12. The molecule has 0 saturated carbocycles. The van der Waals surface area contributed by atoms with Gasteiger partial charge in [-0.2, -0.15) is 0 Å². The van der Waals surface area contributed by atoms with Crippen LogP contribution in [0, 0.1) is 5.41 Å². The topological polar surface area (TPSA) is 59.1 Å². The Hall–Kier alpha value is -1.33. The smallest absolute Gasteiger partial charge is 0.139 e. The molecule has 0 spiro atoms. The van der Waals surface area contributed by atoms with Crippen LogP contribution in [0.3, 0.4) is 0 Å². The molecule has 0 radical (unpaired) electrons. The molecule has 3 nitrogen and oxygen atoms in total. The fourth-order valence-corrected chi connectivity index (χ4v) is 2.18. The maximum Gasteiger partial charge on any atom is 0.139 e. The van der Waals surface area contributed by atoms with Crippen LogP contribution in [-0.2, 0) is 0 Å². The third-order valence-electron chi connectivity index (χ3n) is 2.26. The van der Waals surface area contributed by atoms with Crippen molar-refractivity contribution < 1.29 is 4.74 Å². The predicted molar refractivity (Wildman–Crippen MR) is 79.4 cm³/mol. The van der Waals surface area contributed by atoms with Crippen molar-refractivity contribution in [3.05, 3.63) is 57.0 Å². The van der Waals surface area contributed by atoms with E-state index in [1.54, 1.807) is 12.1 Å². The number of halogens is 2. The molecule has 0 heterocycles. The predicted octanol–water partition coefficient (Wildman–Crippen LogP) is 4.29. The Bertz CT molecular complexity index is 599. The first kappa shape index (κ1) is 13.1. The summed E-state index contributed by atoms with van der Waals surface area (Å²) in [6.07, 6.45) is 0. The first-order chi connectivity index (χ1) is 8.56. The summed E-state index contributed by atoms with van der Waals surface area (Å²) in [4.78, 5) is 0. The van der Waals surface area contributed by atoms with Gasteiger partial charge in [-0.15, -0.1) is 0 Å². The summed E-state index contributed by atoms with van der Waals surface area (Å²) in [7, 11) is 0. The molecule has 0 bridgehead atoms. The molecule has 2 aromatic carbocycles. The second-order valence-electron chi connectivity index (χ2n) is 3.61. The molecule has 0 fully saturated rings. The molecule has 2 rings (SSSR count). The summed E-state index contributed by atoms with van der Waals surface area (Å²) in [6.45, 7) is 0. The summed E-state index contributed by atoms with van der Waals surface area (Å²) >= 11 is 6.75. The Morgan fingerprint density at radius 3 is 2.44 bits per heavy atom. The van der Waals surface area contributed by atoms with Crippen LogP contribution in [0.4, 0.5) is 0 Å². The van der Waals surface area contributed by atoms with Gasteiger partial charge in [-0.1, -0.05) is 37.9 Å². The van der Waals surface area contributed by atoms with Gasteiger partial charge in [0, 0.05) is 8.95 Å². The molecule has 0 aliphatic carbocycles. The highest BCUT2D eigenvalue weighted by Crippen LogP contribution is 2.29. The van der Waals surface area contributed by atoms with Crippen molar-refractivity contribution >= 4 is 37.7 Å². The van der Waals surface area contributed by atoms with E-state index in [0.29, 0.717) is 17.1 Å². The van der Waals surface area contributed by atoms with Crippen molar-refractivity contribution in [2.45, 2.75) is 0 Å². The normalized spacial score (nSPS) is 10.1. The first-order valence-electron chi connectivity index (χ1n) is 5.13. The van der Waals surface area contributed by atoms with E-state index in [0.717, 1.165) is 8.95 Å². The average Bonchev–Trinajstić information content (AvgIpc) is 2.28. The number of benzene rings is 2. The van der Waals surface area contributed by atoms with E-state index in [9.17, 15) is 0 Å². The van der Waals surface area contributed by atoms with Crippen LogP contribution < -0.4 is 10.5 Å². The van der Waals surface area contributed by atoms with E-state index in [1.807, 2.05) is 30.3 Å². The number of ether oxygens (including phenoxy) is 1. The zero-order chi connectivity index (χ0) is 13.1. The number of rotatable bonds is 3. The summed E-state index contributed by atoms with van der Waals surface area (Å²) in [5.74, 6) is 1.22. The minimum Gasteiger partial charge on any atom is -0.457 e. The standard InChI is InChI=1S/C13H10Br2N2O/c14-8-2-1-3-10(6-8)18-12-7-9(15)4-5-11(12)13(16)17/h1-7H,(H3,16,17). The molecule has 18 heavy (non-hydrogen) atoms. The first-order valence-corrected chi connectivity index (χ1v) is 6.72. The van der Waals surface area contributed by atoms with Gasteiger partial charge in [0.05, 0.1) is 5.56 Å². The van der Waals surface area contributed by atoms with Crippen LogP contribution in [-0.4, -0.2) is 5.84 Å². The second-order valence-corrected chi connectivity index (χ2v) is 5.44. The van der Waals surface area contributed by atoms with Gasteiger partial charge in [0.15, 0.2) is 0 Å². The van der Waals surface area contributed by atoms with Gasteiger partial charge in [0.1, 0.15) is 17.3 Å². The lowest BCUT2D eigenvalue weighted by atomic mass is 10.2. The molecule has 2 aromatic rings. The lowest BCUT2D eigenvalue weighted by molar-refractivity contribution is 0.481. The fraction of sp³-hybridized carbons (Fsp3) is 0. The molecule has 0 amide bonds. The fourth-order valence-electron chi connectivity index (χ4n) is 1.46. The van der Waals surface area contributed by atoms with E-state index in [1.165, 1.54) is 0 Å². The summed E-state index contributed by atoms with van der Waals surface area (Å²) in [5, 5.41) is 7.53. The zero-order valence-electron chi connectivity index (χ0n) is 9.28. The zero-order valence-corrected chi connectivity index (χ0v) is 12.5. The van der Waals surface area contributed by atoms with Crippen molar-refractivity contribution in [3.63, 3.8) is 0 Å². The van der Waals surface area contributed by atoms with Crippen LogP contribution in [0.2, 0.25) is 0 Å². The summed E-state index contributed by atoms with van der Waals surface area (Å²) < 4.78 is 7.55. The minimum atomic E-state index is -0.0208. The number of hydrogen-bond donors (Lipinski definition) is 2. The lowest BCUT2D eigenvalue weighted by Gasteiger charge is -2.11. The van der Waals surface area contributed by atoms with Crippen LogP contribution in [0.15, 0.2) is 51.4 Å². The molecular formula is C13H10Br2N2O. The largest absolute Gasteiger partial charge is 0.457 e. The average molecular weight is 370 g/mol. The molecule has 0 aliphatic rings. The van der Waals surface area contributed by atoms with E-state index in [2.05, 4.69) is 31.9 Å².